The lowest BCUT2D eigenvalue weighted by molar-refractivity contribution is -0.122. The first-order chi connectivity index (χ1) is 19.4. The Morgan fingerprint density at radius 2 is 1.37 bits per heavy atom. The van der Waals surface area contributed by atoms with Crippen LogP contribution < -0.4 is 19.1 Å². The minimum Gasteiger partial charge on any atom is -0.476 e. The zero-order chi connectivity index (χ0) is 29.4. The van der Waals surface area contributed by atoms with Crippen molar-refractivity contribution < 1.29 is 26.4 Å². The smallest absolute Gasteiger partial charge is 0.267 e. The Morgan fingerprint density at radius 3 is 2.02 bits per heavy atom. The van der Waals surface area contributed by atoms with Crippen LogP contribution in [0, 0.1) is 0 Å². The van der Waals surface area contributed by atoms with Crippen LogP contribution in [0.2, 0.25) is 15.1 Å². The van der Waals surface area contributed by atoms with E-state index < -0.39 is 32.1 Å². The first-order valence-corrected chi connectivity index (χ1v) is 15.9. The molecule has 1 heterocycles. The van der Waals surface area contributed by atoms with Crippen LogP contribution in [0.25, 0.3) is 0 Å². The molecule has 1 aliphatic heterocycles. The molecule has 1 aliphatic rings. The van der Waals surface area contributed by atoms with Gasteiger partial charge in [-0.2, -0.15) is 0 Å². The van der Waals surface area contributed by atoms with Crippen molar-refractivity contribution in [2.24, 2.45) is 0 Å². The number of benzene rings is 4. The largest absolute Gasteiger partial charge is 0.476 e. The first-order valence-electron chi connectivity index (χ1n) is 11.9. The van der Waals surface area contributed by atoms with Crippen LogP contribution in [0.5, 0.6) is 5.75 Å². The summed E-state index contributed by atoms with van der Waals surface area (Å²) in [5.41, 5.74) is 0.747. The maximum atomic E-state index is 13.5. The highest BCUT2D eigenvalue weighted by atomic mass is 35.5. The van der Waals surface area contributed by atoms with Crippen LogP contribution in [0.15, 0.2) is 101 Å². The summed E-state index contributed by atoms with van der Waals surface area (Å²) in [5.74, 6) is -0.414. The maximum absolute atomic E-state index is 13.5. The fourth-order valence-electron chi connectivity index (χ4n) is 4.07. The molecule has 4 aromatic carbocycles. The summed E-state index contributed by atoms with van der Waals surface area (Å²) in [6.45, 7) is -0.299. The Morgan fingerprint density at radius 1 is 0.756 bits per heavy atom. The van der Waals surface area contributed by atoms with Crippen molar-refractivity contribution in [1.29, 1.82) is 0 Å². The average Bonchev–Trinajstić information content (AvgIpc) is 2.92. The monoisotopic (exact) mass is 651 g/mol. The van der Waals surface area contributed by atoms with Crippen molar-refractivity contribution in [1.82, 2.24) is 0 Å². The van der Waals surface area contributed by atoms with Crippen LogP contribution in [0.3, 0.4) is 0 Å². The third kappa shape index (κ3) is 6.39. The minimum absolute atomic E-state index is 0.00298. The van der Waals surface area contributed by atoms with Crippen LogP contribution in [-0.2, 0) is 24.8 Å². The zero-order valence-electron chi connectivity index (χ0n) is 20.8. The van der Waals surface area contributed by atoms with Gasteiger partial charge >= 0.3 is 0 Å². The molecule has 5 rings (SSSR count). The van der Waals surface area contributed by atoms with Gasteiger partial charge in [-0.1, -0.05) is 46.9 Å². The van der Waals surface area contributed by atoms with E-state index in [0.717, 1.165) is 4.31 Å². The second-order valence-corrected chi connectivity index (χ2v) is 13.7. The summed E-state index contributed by atoms with van der Waals surface area (Å²) < 4.78 is 62.0. The summed E-state index contributed by atoms with van der Waals surface area (Å²) in [6.07, 6.45) is -1.20. The number of anilines is 3. The molecule has 9 nitrogen and oxygen atoms in total. The quantitative estimate of drug-likeness (QED) is 0.251. The van der Waals surface area contributed by atoms with Crippen molar-refractivity contribution in [2.75, 3.05) is 20.9 Å². The van der Waals surface area contributed by atoms with E-state index >= 15 is 0 Å². The van der Waals surface area contributed by atoms with Gasteiger partial charge in [0.2, 0.25) is 0 Å². The van der Waals surface area contributed by atoms with Gasteiger partial charge in [0.15, 0.2) is 6.10 Å². The highest BCUT2D eigenvalue weighted by molar-refractivity contribution is 7.93. The van der Waals surface area contributed by atoms with E-state index in [1.165, 1.54) is 66.7 Å². The Kier molecular flexibility index (Phi) is 8.09. The molecule has 0 fully saturated rings. The Hall–Kier alpha value is -3.48. The first kappa shape index (κ1) is 29.0. The molecule has 0 aliphatic carbocycles. The lowest BCUT2D eigenvalue weighted by atomic mass is 10.2. The highest BCUT2D eigenvalue weighted by Crippen LogP contribution is 2.37. The standard InChI is InChI=1S/C27H20Cl3N3O6S2/c28-17-5-9-23(10-6-17)41(37,38)33-16-26(39-25-4-2-1-3-24(25)33)27(34)31-20-7-11-22(12-8-20)40(35,36)32-21-14-18(29)13-19(30)15-21/h1-15,26,32H,16H2,(H,31,34)/t26-/m0/s1. The number of hydrogen-bond donors (Lipinski definition) is 2. The van der Waals surface area contributed by atoms with Crippen molar-refractivity contribution >= 4 is 77.8 Å². The fourth-order valence-corrected chi connectivity index (χ4v) is 7.24. The van der Waals surface area contributed by atoms with E-state index in [1.807, 2.05) is 0 Å². The van der Waals surface area contributed by atoms with Gasteiger partial charge in [-0.15, -0.1) is 0 Å². The van der Waals surface area contributed by atoms with E-state index in [0.29, 0.717) is 5.02 Å². The zero-order valence-corrected chi connectivity index (χ0v) is 24.7. The van der Waals surface area contributed by atoms with E-state index in [-0.39, 0.29) is 49.2 Å². The number of nitrogens with zero attached hydrogens (tertiary/aromatic N) is 1. The number of amides is 1. The maximum Gasteiger partial charge on any atom is 0.267 e. The third-order valence-electron chi connectivity index (χ3n) is 5.98. The second-order valence-electron chi connectivity index (χ2n) is 8.84. The molecule has 0 saturated heterocycles. The normalized spacial score (nSPS) is 15.0. The van der Waals surface area contributed by atoms with E-state index in [4.69, 9.17) is 39.5 Å². The third-order valence-corrected chi connectivity index (χ3v) is 9.86. The number of nitrogens with one attached hydrogen (secondary N) is 2. The molecular formula is C27H20Cl3N3O6S2. The summed E-state index contributed by atoms with van der Waals surface area (Å²) in [7, 11) is -8.05. The van der Waals surface area contributed by atoms with Gasteiger partial charge in [0.05, 0.1) is 27.7 Å². The number of carbonyl (C=O) groups is 1. The van der Waals surface area contributed by atoms with Gasteiger partial charge < -0.3 is 10.1 Å². The Labute approximate surface area is 251 Å². The number of halogens is 3. The molecule has 1 atom stereocenters. The molecule has 1 amide bonds. The SMILES string of the molecule is O=C(Nc1ccc(S(=O)(=O)Nc2cc(Cl)cc(Cl)c2)cc1)[C@@H]1CN(S(=O)(=O)c2ccc(Cl)cc2)c2ccccc2O1. The fraction of sp³-hybridized carbons (Fsp3) is 0.0741. The van der Waals surface area contributed by atoms with E-state index in [1.54, 1.807) is 24.3 Å². The number of hydrogen-bond acceptors (Lipinski definition) is 6. The summed E-state index contributed by atoms with van der Waals surface area (Å²) >= 11 is 17.8. The molecule has 4 aromatic rings. The number of ether oxygens (including phenoxy) is 1. The van der Waals surface area contributed by atoms with Crippen LogP contribution >= 0.6 is 34.8 Å². The molecule has 14 heteroatoms. The van der Waals surface area contributed by atoms with Gasteiger partial charge in [-0.05, 0) is 78.9 Å². The van der Waals surface area contributed by atoms with Gasteiger partial charge in [0.25, 0.3) is 26.0 Å². The van der Waals surface area contributed by atoms with Crippen molar-refractivity contribution in [3.05, 3.63) is 106 Å². The lowest BCUT2D eigenvalue weighted by Gasteiger charge is -2.34. The number of carbonyl (C=O) groups excluding carboxylic acids is 1. The van der Waals surface area contributed by atoms with Gasteiger partial charge in [0.1, 0.15) is 5.75 Å². The van der Waals surface area contributed by atoms with Crippen molar-refractivity contribution in [2.45, 2.75) is 15.9 Å². The summed E-state index contributed by atoms with van der Waals surface area (Å²) in [5, 5.41) is 3.56. The second kappa shape index (κ2) is 11.4. The molecule has 0 aromatic heterocycles. The van der Waals surface area contributed by atoms with Crippen molar-refractivity contribution in [3.8, 4) is 5.75 Å². The topological polar surface area (TPSA) is 122 Å². The summed E-state index contributed by atoms with van der Waals surface area (Å²) in [6, 6.07) is 21.9. The Bertz CT molecular complexity index is 1820. The number of fused-ring (bicyclic) bond motifs is 1. The summed E-state index contributed by atoms with van der Waals surface area (Å²) in [4.78, 5) is 13.1. The van der Waals surface area contributed by atoms with Gasteiger partial charge in [-0.25, -0.2) is 16.8 Å². The predicted octanol–water partition coefficient (Wildman–Crippen LogP) is 6.04. The lowest BCUT2D eigenvalue weighted by Crippen LogP contribution is -2.48. The molecule has 0 saturated carbocycles. The molecule has 0 spiro atoms. The molecular weight excluding hydrogens is 633 g/mol. The van der Waals surface area contributed by atoms with Crippen LogP contribution in [-0.4, -0.2) is 35.4 Å². The minimum atomic E-state index is -4.06. The predicted molar refractivity (Wildman–Crippen MR) is 159 cm³/mol. The number of para-hydroxylation sites is 2. The van der Waals surface area contributed by atoms with Crippen molar-refractivity contribution in [3.63, 3.8) is 0 Å². The van der Waals surface area contributed by atoms with Gasteiger partial charge in [0, 0.05) is 20.8 Å². The van der Waals surface area contributed by atoms with E-state index in [2.05, 4.69) is 10.0 Å². The molecule has 2 N–H and O–H groups in total. The molecule has 0 bridgehead atoms. The number of sulfonamides is 2. The average molecular weight is 653 g/mol. The van der Waals surface area contributed by atoms with Gasteiger partial charge in [-0.3, -0.25) is 13.8 Å². The highest BCUT2D eigenvalue weighted by Gasteiger charge is 2.37. The molecule has 41 heavy (non-hydrogen) atoms. The molecule has 0 unspecified atom stereocenters. The Balaban J connectivity index is 1.34. The van der Waals surface area contributed by atoms with Crippen LogP contribution in [0.1, 0.15) is 0 Å². The van der Waals surface area contributed by atoms with Crippen LogP contribution in [0.4, 0.5) is 17.1 Å². The van der Waals surface area contributed by atoms with E-state index in [9.17, 15) is 21.6 Å². The number of rotatable bonds is 7. The molecule has 0 radical (unpaired) electrons. The molecule has 212 valence electrons.